The SMILES string of the molecule is CC(C)N(C)c1nc2cc(C#Cc3ccc(-c4ccc(Cl)cc4)cn3)ccc2n1C. The van der Waals surface area contributed by atoms with Crippen LogP contribution in [0.15, 0.2) is 60.8 Å². The fourth-order valence-corrected chi connectivity index (χ4v) is 3.35. The predicted octanol–water partition coefficient (Wildman–Crippen LogP) is 5.53. The van der Waals surface area contributed by atoms with E-state index in [0.29, 0.717) is 6.04 Å². The van der Waals surface area contributed by atoms with Crippen molar-refractivity contribution in [2.45, 2.75) is 19.9 Å². The van der Waals surface area contributed by atoms with Crippen molar-refractivity contribution in [1.29, 1.82) is 0 Å². The van der Waals surface area contributed by atoms with Gasteiger partial charge in [-0.15, -0.1) is 0 Å². The molecule has 150 valence electrons. The third kappa shape index (κ3) is 4.03. The summed E-state index contributed by atoms with van der Waals surface area (Å²) < 4.78 is 2.11. The molecule has 0 saturated heterocycles. The monoisotopic (exact) mass is 414 g/mol. The Morgan fingerprint density at radius 1 is 0.967 bits per heavy atom. The zero-order valence-electron chi connectivity index (χ0n) is 17.5. The molecule has 4 aromatic rings. The fraction of sp³-hybridized carbons (Fsp3) is 0.200. The lowest BCUT2D eigenvalue weighted by molar-refractivity contribution is 0.712. The molecule has 0 amide bonds. The van der Waals surface area contributed by atoms with Gasteiger partial charge < -0.3 is 9.47 Å². The molecule has 30 heavy (non-hydrogen) atoms. The van der Waals surface area contributed by atoms with Crippen LogP contribution in [0.5, 0.6) is 0 Å². The highest BCUT2D eigenvalue weighted by Gasteiger charge is 2.14. The summed E-state index contributed by atoms with van der Waals surface area (Å²) in [7, 11) is 4.10. The van der Waals surface area contributed by atoms with Crippen LogP contribution < -0.4 is 4.90 Å². The zero-order valence-corrected chi connectivity index (χ0v) is 18.3. The molecule has 2 aromatic heterocycles. The summed E-state index contributed by atoms with van der Waals surface area (Å²) in [4.78, 5) is 11.4. The van der Waals surface area contributed by atoms with Crippen LogP contribution in [0, 0.1) is 11.8 Å². The molecule has 0 aliphatic heterocycles. The van der Waals surface area contributed by atoms with Gasteiger partial charge in [-0.3, -0.25) is 0 Å². The number of aromatic nitrogens is 3. The van der Waals surface area contributed by atoms with Crippen LogP contribution in [-0.4, -0.2) is 27.6 Å². The molecule has 0 saturated carbocycles. The minimum Gasteiger partial charge on any atom is -0.343 e. The van der Waals surface area contributed by atoms with Gasteiger partial charge in [0.25, 0.3) is 0 Å². The number of anilines is 1. The second-order valence-corrected chi connectivity index (χ2v) is 8.00. The first-order valence-corrected chi connectivity index (χ1v) is 10.2. The van der Waals surface area contributed by atoms with Gasteiger partial charge in [-0.05, 0) is 61.7 Å². The highest BCUT2D eigenvalue weighted by molar-refractivity contribution is 6.30. The number of halogens is 1. The van der Waals surface area contributed by atoms with Crippen molar-refractivity contribution in [1.82, 2.24) is 14.5 Å². The van der Waals surface area contributed by atoms with Gasteiger partial charge in [0.15, 0.2) is 0 Å². The minimum atomic E-state index is 0.377. The van der Waals surface area contributed by atoms with E-state index < -0.39 is 0 Å². The maximum Gasteiger partial charge on any atom is 0.206 e. The molecular formula is C25H23ClN4. The Morgan fingerprint density at radius 3 is 2.37 bits per heavy atom. The number of aryl methyl sites for hydroxylation is 1. The Morgan fingerprint density at radius 2 is 1.70 bits per heavy atom. The molecule has 0 bridgehead atoms. The summed E-state index contributed by atoms with van der Waals surface area (Å²) in [5.74, 6) is 7.30. The molecule has 4 rings (SSSR count). The van der Waals surface area contributed by atoms with Gasteiger partial charge in [-0.2, -0.15) is 0 Å². The second kappa shape index (κ2) is 8.22. The normalized spacial score (nSPS) is 10.9. The molecule has 0 unspecified atom stereocenters. The molecular weight excluding hydrogens is 392 g/mol. The van der Waals surface area contributed by atoms with Gasteiger partial charge in [0, 0.05) is 42.5 Å². The van der Waals surface area contributed by atoms with Gasteiger partial charge in [-0.1, -0.05) is 35.7 Å². The number of imidazole rings is 1. The number of hydrogen-bond donors (Lipinski definition) is 0. The Labute approximate surface area is 182 Å². The molecule has 5 heteroatoms. The number of benzene rings is 2. The summed E-state index contributed by atoms with van der Waals surface area (Å²) in [6.45, 7) is 4.31. The van der Waals surface area contributed by atoms with Gasteiger partial charge in [0.2, 0.25) is 5.95 Å². The van der Waals surface area contributed by atoms with E-state index in [1.165, 1.54) is 0 Å². The van der Waals surface area contributed by atoms with Crippen molar-refractivity contribution in [2.75, 3.05) is 11.9 Å². The Hall–Kier alpha value is -3.29. The third-order valence-electron chi connectivity index (χ3n) is 5.22. The van der Waals surface area contributed by atoms with Crippen molar-refractivity contribution >= 4 is 28.6 Å². The summed E-state index contributed by atoms with van der Waals surface area (Å²) in [6.07, 6.45) is 1.84. The lowest BCUT2D eigenvalue weighted by Gasteiger charge is -2.22. The first-order chi connectivity index (χ1) is 14.4. The molecule has 0 radical (unpaired) electrons. The molecule has 4 nitrogen and oxygen atoms in total. The molecule has 0 aliphatic rings. The van der Waals surface area contributed by atoms with E-state index in [0.717, 1.165) is 44.4 Å². The average molecular weight is 415 g/mol. The second-order valence-electron chi connectivity index (χ2n) is 7.57. The van der Waals surface area contributed by atoms with E-state index in [-0.39, 0.29) is 0 Å². The van der Waals surface area contributed by atoms with Crippen molar-refractivity contribution in [3.05, 3.63) is 77.1 Å². The van der Waals surface area contributed by atoms with Crippen LogP contribution in [0.3, 0.4) is 0 Å². The number of pyridine rings is 1. The quantitative estimate of drug-likeness (QED) is 0.413. The van der Waals surface area contributed by atoms with Crippen LogP contribution >= 0.6 is 11.6 Å². The molecule has 0 fully saturated rings. The van der Waals surface area contributed by atoms with E-state index in [4.69, 9.17) is 16.6 Å². The first-order valence-electron chi connectivity index (χ1n) is 9.85. The topological polar surface area (TPSA) is 34.0 Å². The molecule has 0 aliphatic carbocycles. The van der Waals surface area contributed by atoms with Crippen molar-refractivity contribution in [3.8, 4) is 23.0 Å². The van der Waals surface area contributed by atoms with Gasteiger partial charge in [0.05, 0.1) is 11.0 Å². The minimum absolute atomic E-state index is 0.377. The van der Waals surface area contributed by atoms with Crippen LogP contribution in [0.4, 0.5) is 5.95 Å². The maximum atomic E-state index is 5.96. The first kappa shape index (κ1) is 20.0. The standard InChI is InChI=1S/C25H23ClN4/c1-17(2)29(3)25-28-23-15-18(6-14-24(23)30(25)4)5-12-22-13-9-20(16-27-22)19-7-10-21(26)11-8-19/h6-11,13-17H,1-4H3. The smallest absolute Gasteiger partial charge is 0.206 e. The Balaban J connectivity index is 1.58. The number of nitrogens with zero attached hydrogens (tertiary/aromatic N) is 4. The van der Waals surface area contributed by atoms with Crippen LogP contribution in [0.2, 0.25) is 5.02 Å². The fourth-order valence-electron chi connectivity index (χ4n) is 3.23. The molecule has 0 atom stereocenters. The van der Waals surface area contributed by atoms with Crippen LogP contribution in [0.1, 0.15) is 25.1 Å². The number of fused-ring (bicyclic) bond motifs is 1. The summed E-state index contributed by atoms with van der Waals surface area (Å²) in [6, 6.07) is 18.2. The van der Waals surface area contributed by atoms with Crippen molar-refractivity contribution in [3.63, 3.8) is 0 Å². The maximum absolute atomic E-state index is 5.96. The van der Waals surface area contributed by atoms with Gasteiger partial charge in [0.1, 0.15) is 5.69 Å². The summed E-state index contributed by atoms with van der Waals surface area (Å²) in [5, 5.41) is 0.724. The average Bonchev–Trinajstić information content (AvgIpc) is 3.08. The largest absolute Gasteiger partial charge is 0.343 e. The lowest BCUT2D eigenvalue weighted by Crippen LogP contribution is -2.28. The van der Waals surface area contributed by atoms with E-state index >= 15 is 0 Å². The van der Waals surface area contributed by atoms with E-state index in [9.17, 15) is 0 Å². The Bertz CT molecular complexity index is 1240. The van der Waals surface area contributed by atoms with E-state index in [1.807, 2.05) is 61.8 Å². The van der Waals surface area contributed by atoms with Crippen molar-refractivity contribution < 1.29 is 0 Å². The van der Waals surface area contributed by atoms with Crippen molar-refractivity contribution in [2.24, 2.45) is 7.05 Å². The molecule has 2 heterocycles. The Kier molecular flexibility index (Phi) is 5.48. The molecule has 2 aromatic carbocycles. The summed E-state index contributed by atoms with van der Waals surface area (Å²) in [5.41, 5.74) is 5.80. The van der Waals surface area contributed by atoms with Crippen LogP contribution in [0.25, 0.3) is 22.2 Å². The number of hydrogen-bond acceptors (Lipinski definition) is 3. The number of rotatable bonds is 3. The van der Waals surface area contributed by atoms with Gasteiger partial charge >= 0.3 is 0 Å². The van der Waals surface area contributed by atoms with E-state index in [1.54, 1.807) is 0 Å². The van der Waals surface area contributed by atoms with Crippen LogP contribution in [-0.2, 0) is 7.05 Å². The van der Waals surface area contributed by atoms with E-state index in [2.05, 4.69) is 53.3 Å². The summed E-state index contributed by atoms with van der Waals surface area (Å²) >= 11 is 5.96. The van der Waals surface area contributed by atoms with Gasteiger partial charge in [-0.25, -0.2) is 9.97 Å². The molecule has 0 N–H and O–H groups in total. The third-order valence-corrected chi connectivity index (χ3v) is 5.48. The lowest BCUT2D eigenvalue weighted by atomic mass is 10.1. The highest BCUT2D eigenvalue weighted by atomic mass is 35.5. The predicted molar refractivity (Wildman–Crippen MR) is 125 cm³/mol. The highest BCUT2D eigenvalue weighted by Crippen LogP contribution is 2.23. The molecule has 0 spiro atoms. The zero-order chi connectivity index (χ0) is 21.3.